The molecular formula is C33H29N3O3. The van der Waals surface area contributed by atoms with Gasteiger partial charge in [0.15, 0.2) is 0 Å². The van der Waals surface area contributed by atoms with Crippen LogP contribution in [0.4, 0.5) is 0 Å². The summed E-state index contributed by atoms with van der Waals surface area (Å²) >= 11 is 0. The van der Waals surface area contributed by atoms with Gasteiger partial charge >= 0.3 is 0 Å². The molecule has 2 aliphatic rings. The van der Waals surface area contributed by atoms with Crippen molar-refractivity contribution in [2.24, 2.45) is 7.05 Å². The monoisotopic (exact) mass is 515 g/mol. The van der Waals surface area contributed by atoms with Crippen LogP contribution in [-0.2, 0) is 13.5 Å². The Morgan fingerprint density at radius 2 is 1.51 bits per heavy atom. The summed E-state index contributed by atoms with van der Waals surface area (Å²) in [5, 5.41) is 2.60. The molecule has 194 valence electrons. The number of amides is 2. The van der Waals surface area contributed by atoms with Crippen molar-refractivity contribution in [1.82, 2.24) is 9.24 Å². The van der Waals surface area contributed by atoms with Gasteiger partial charge in [-0.3, -0.25) is 9.59 Å². The molecular weight excluding hydrogens is 486 g/mol. The number of aryl methyl sites for hydroxylation is 1. The van der Waals surface area contributed by atoms with Crippen molar-refractivity contribution in [2.45, 2.75) is 31.6 Å². The maximum absolute atomic E-state index is 13.8. The molecule has 0 saturated heterocycles. The van der Waals surface area contributed by atoms with Crippen molar-refractivity contribution in [1.29, 1.82) is 0 Å². The molecule has 0 N–H and O–H groups in total. The molecule has 2 amide bonds. The molecule has 6 nitrogen and oxygen atoms in total. The van der Waals surface area contributed by atoms with Crippen molar-refractivity contribution in [3.8, 4) is 17.0 Å². The molecule has 1 aliphatic heterocycles. The van der Waals surface area contributed by atoms with Gasteiger partial charge in [-0.05, 0) is 78.9 Å². The zero-order chi connectivity index (χ0) is 26.7. The van der Waals surface area contributed by atoms with E-state index in [1.807, 2.05) is 41.1 Å². The average molecular weight is 516 g/mol. The summed E-state index contributed by atoms with van der Waals surface area (Å²) in [5.74, 6) is 0.347. The molecule has 39 heavy (non-hydrogen) atoms. The highest BCUT2D eigenvalue weighted by Gasteiger charge is 2.40. The molecule has 6 heteroatoms. The number of fused-ring (bicyclic) bond motifs is 3. The zero-order valence-corrected chi connectivity index (χ0v) is 22.1. The molecule has 1 aliphatic carbocycles. The maximum Gasteiger partial charge on any atom is 0.281 e. The summed E-state index contributed by atoms with van der Waals surface area (Å²) in [6, 6.07) is 25.7. The first-order chi connectivity index (χ1) is 19.1. The first-order valence-corrected chi connectivity index (χ1v) is 13.5. The third-order valence-electron chi connectivity index (χ3n) is 8.30. The van der Waals surface area contributed by atoms with Crippen molar-refractivity contribution in [3.05, 3.63) is 113 Å². The molecule has 0 radical (unpaired) electrons. The Morgan fingerprint density at radius 3 is 2.23 bits per heavy atom. The number of carbonyl (C=O) groups is 2. The van der Waals surface area contributed by atoms with E-state index in [4.69, 9.17) is 4.74 Å². The Kier molecular flexibility index (Phi) is 5.44. The minimum atomic E-state index is -0.283. The first kappa shape index (κ1) is 23.5. The summed E-state index contributed by atoms with van der Waals surface area (Å²) in [6.45, 7) is 0. The molecule has 3 aromatic carbocycles. The Balaban J connectivity index is 1.47. The maximum atomic E-state index is 13.8. The van der Waals surface area contributed by atoms with Crippen LogP contribution in [0, 0.1) is 0 Å². The van der Waals surface area contributed by atoms with Gasteiger partial charge in [-0.1, -0.05) is 36.8 Å². The van der Waals surface area contributed by atoms with Gasteiger partial charge in [-0.25, -0.2) is 4.68 Å². The summed E-state index contributed by atoms with van der Waals surface area (Å²) in [5.41, 5.74) is 7.37. The average Bonchev–Trinajstić information content (AvgIpc) is 3.52. The second-order valence-corrected chi connectivity index (χ2v) is 10.5. The third-order valence-corrected chi connectivity index (χ3v) is 8.30. The molecule has 7 rings (SSSR count). The molecule has 5 aromatic rings. The van der Waals surface area contributed by atoms with Crippen LogP contribution in [0.1, 0.15) is 62.7 Å². The molecule has 3 heterocycles. The molecule has 2 aromatic heterocycles. The molecule has 1 atom stereocenters. The number of para-hydroxylation sites is 1. The molecule has 0 saturated carbocycles. The summed E-state index contributed by atoms with van der Waals surface area (Å²) in [7, 11) is 3.74. The lowest BCUT2D eigenvalue weighted by atomic mass is 9.88. The third kappa shape index (κ3) is 3.55. The Morgan fingerprint density at radius 1 is 0.821 bits per heavy atom. The number of imide groups is 1. The minimum absolute atomic E-state index is 0.155. The van der Waals surface area contributed by atoms with Crippen LogP contribution in [0.2, 0.25) is 0 Å². The van der Waals surface area contributed by atoms with Crippen molar-refractivity contribution < 1.29 is 14.3 Å². The number of aromatic nitrogens is 2. The Bertz CT molecular complexity index is 1720. The highest BCUT2D eigenvalue weighted by molar-refractivity contribution is 6.30. The van der Waals surface area contributed by atoms with Crippen LogP contribution in [0.3, 0.4) is 0 Å². The number of ether oxygens (including phenoxy) is 1. The Hall–Kier alpha value is -4.58. The highest BCUT2D eigenvalue weighted by Crippen LogP contribution is 2.43. The van der Waals surface area contributed by atoms with E-state index in [1.165, 1.54) is 27.0 Å². The summed E-state index contributed by atoms with van der Waals surface area (Å²) in [4.78, 5) is 27.5. The van der Waals surface area contributed by atoms with E-state index in [2.05, 4.69) is 48.1 Å². The van der Waals surface area contributed by atoms with Gasteiger partial charge in [0, 0.05) is 41.3 Å². The lowest BCUT2D eigenvalue weighted by Gasteiger charge is -2.23. The number of benzene rings is 3. The topological polar surface area (TPSA) is 56.5 Å². The summed E-state index contributed by atoms with van der Waals surface area (Å²) < 4.78 is 9.50. The van der Waals surface area contributed by atoms with Crippen LogP contribution in [-0.4, -0.2) is 28.2 Å². The lowest BCUT2D eigenvalue weighted by molar-refractivity contribution is 0.0885. The van der Waals surface area contributed by atoms with Gasteiger partial charge in [0.2, 0.25) is 0 Å². The lowest BCUT2D eigenvalue weighted by Crippen LogP contribution is -2.41. The van der Waals surface area contributed by atoms with E-state index in [-0.39, 0.29) is 17.7 Å². The Labute approximate surface area is 227 Å². The van der Waals surface area contributed by atoms with Crippen LogP contribution < -0.4 is 9.75 Å². The molecule has 1 unspecified atom stereocenters. The normalized spacial score (nSPS) is 16.9. The second kappa shape index (κ2) is 9.02. The number of hydrogen-bond acceptors (Lipinski definition) is 3. The minimum Gasteiger partial charge on any atom is -0.497 e. The van der Waals surface area contributed by atoms with Crippen LogP contribution in [0.5, 0.6) is 5.75 Å². The van der Waals surface area contributed by atoms with Gasteiger partial charge in [-0.2, -0.15) is 5.01 Å². The van der Waals surface area contributed by atoms with E-state index in [0.29, 0.717) is 11.1 Å². The quantitative estimate of drug-likeness (QED) is 0.204. The fourth-order valence-corrected chi connectivity index (χ4v) is 6.44. The van der Waals surface area contributed by atoms with Gasteiger partial charge in [0.05, 0.1) is 23.9 Å². The first-order valence-electron chi connectivity index (χ1n) is 13.5. The summed E-state index contributed by atoms with van der Waals surface area (Å²) in [6.07, 6.45) is 6.11. The van der Waals surface area contributed by atoms with Gasteiger partial charge < -0.3 is 9.30 Å². The number of carbonyl (C=O) groups excluding carboxylic acids is 2. The largest absolute Gasteiger partial charge is 0.497 e. The van der Waals surface area contributed by atoms with Crippen molar-refractivity contribution >= 4 is 22.7 Å². The highest BCUT2D eigenvalue weighted by atomic mass is 16.5. The van der Waals surface area contributed by atoms with E-state index >= 15 is 0 Å². The fraction of sp³-hybridized carbons (Fsp3) is 0.212. The second-order valence-electron chi connectivity index (χ2n) is 10.5. The number of rotatable bonds is 4. The molecule has 0 bridgehead atoms. The predicted octanol–water partition coefficient (Wildman–Crippen LogP) is 6.45. The van der Waals surface area contributed by atoms with Crippen LogP contribution >= 0.6 is 0 Å². The SMILES string of the molecule is COc1ccc(-c2cc3c(n2N2C(=O)c4ccccc4C2=O)CCCCC3c2cn(C)c3ccccc23)cc1. The number of nitrogens with zero attached hydrogens (tertiary/aromatic N) is 3. The van der Waals surface area contributed by atoms with Gasteiger partial charge in [0.25, 0.3) is 11.8 Å². The number of hydrogen-bond donors (Lipinski definition) is 0. The van der Waals surface area contributed by atoms with E-state index in [0.717, 1.165) is 48.4 Å². The van der Waals surface area contributed by atoms with Crippen LogP contribution in [0.25, 0.3) is 22.2 Å². The standard InChI is InChI=1S/C33H29N3O3/c1-34-20-28(24-10-6-7-13-29(24)34)23-9-5-8-14-30-27(23)19-31(21-15-17-22(39-2)18-16-21)35(30)36-32(37)25-11-3-4-12-26(25)33(36)38/h3-4,6-7,10-13,15-20,23H,5,8-9,14H2,1-2H3. The van der Waals surface area contributed by atoms with Gasteiger partial charge in [0.1, 0.15) is 5.75 Å². The van der Waals surface area contributed by atoms with Crippen molar-refractivity contribution in [2.75, 3.05) is 12.1 Å². The molecule has 0 spiro atoms. The molecule has 0 fully saturated rings. The van der Waals surface area contributed by atoms with E-state index in [9.17, 15) is 9.59 Å². The van der Waals surface area contributed by atoms with Gasteiger partial charge in [-0.15, -0.1) is 0 Å². The van der Waals surface area contributed by atoms with E-state index < -0.39 is 0 Å². The van der Waals surface area contributed by atoms with Crippen LogP contribution in [0.15, 0.2) is 85.1 Å². The smallest absolute Gasteiger partial charge is 0.281 e. The van der Waals surface area contributed by atoms with Crippen molar-refractivity contribution in [3.63, 3.8) is 0 Å². The number of methoxy groups -OCH3 is 1. The fourth-order valence-electron chi connectivity index (χ4n) is 6.44. The zero-order valence-electron chi connectivity index (χ0n) is 22.1. The predicted molar refractivity (Wildman–Crippen MR) is 152 cm³/mol. The van der Waals surface area contributed by atoms with E-state index in [1.54, 1.807) is 19.2 Å².